The number of carbonyl (C=O) groups is 2. The van der Waals surface area contributed by atoms with E-state index >= 15 is 0 Å². The van der Waals surface area contributed by atoms with Crippen molar-refractivity contribution in [3.05, 3.63) is 70.5 Å². The first kappa shape index (κ1) is 22.6. The number of nitrogens with zero attached hydrogens (tertiary/aromatic N) is 1. The van der Waals surface area contributed by atoms with Crippen LogP contribution in [0.3, 0.4) is 0 Å². The number of nitrogen functional groups attached to an aromatic ring is 1. The normalized spacial score (nSPS) is 18.1. The van der Waals surface area contributed by atoms with E-state index in [1.54, 1.807) is 7.05 Å². The molecule has 0 saturated heterocycles. The van der Waals surface area contributed by atoms with Crippen LogP contribution in [0.4, 0.5) is 11.4 Å². The zero-order valence-corrected chi connectivity index (χ0v) is 18.8. The van der Waals surface area contributed by atoms with Gasteiger partial charge in [0.1, 0.15) is 12.3 Å². The van der Waals surface area contributed by atoms with Gasteiger partial charge in [0.2, 0.25) is 5.91 Å². The number of nitrogens with two attached hydrogens (primary N) is 1. The Labute approximate surface area is 192 Å². The Morgan fingerprint density at radius 3 is 2.61 bits per heavy atom. The number of carbonyl (C=O) groups excluding carboxylic acids is 2. The van der Waals surface area contributed by atoms with E-state index in [1.165, 1.54) is 4.57 Å². The molecule has 1 saturated carbocycles. The summed E-state index contributed by atoms with van der Waals surface area (Å²) in [7, 11) is 1.66. The molecule has 0 bridgehead atoms. The molecule has 1 amide bonds. The molecule has 1 aromatic heterocycles. The third kappa shape index (κ3) is 5.08. The monoisotopic (exact) mass is 447 g/mol. The summed E-state index contributed by atoms with van der Waals surface area (Å²) in [6.45, 7) is 0.251. The number of nitrogens with one attached hydrogen (secondary N) is 1. The number of ether oxygens (including phenoxy) is 1. The molecule has 1 aliphatic rings. The summed E-state index contributed by atoms with van der Waals surface area (Å²) < 4.78 is 6.90. The summed E-state index contributed by atoms with van der Waals surface area (Å²) >= 11 is 0. The Morgan fingerprint density at radius 2 is 1.82 bits per heavy atom. The van der Waals surface area contributed by atoms with E-state index < -0.39 is 0 Å². The molecule has 4 rings (SSSR count). The van der Waals surface area contributed by atoms with Crippen molar-refractivity contribution in [2.24, 2.45) is 18.9 Å². The predicted molar refractivity (Wildman–Crippen MR) is 129 cm³/mol. The van der Waals surface area contributed by atoms with Gasteiger partial charge in [-0.05, 0) is 36.8 Å². The molecule has 7 heteroatoms. The number of amides is 1. The van der Waals surface area contributed by atoms with Crippen LogP contribution in [0.1, 0.15) is 37.7 Å². The van der Waals surface area contributed by atoms with Crippen LogP contribution in [0.5, 0.6) is 0 Å². The molecule has 0 spiro atoms. The number of esters is 1. The third-order valence-electron chi connectivity index (χ3n) is 6.44. The van der Waals surface area contributed by atoms with Crippen LogP contribution in [0, 0.1) is 11.8 Å². The first-order chi connectivity index (χ1) is 15.9. The van der Waals surface area contributed by atoms with Crippen LogP contribution < -0.4 is 16.6 Å². The van der Waals surface area contributed by atoms with E-state index in [9.17, 15) is 14.4 Å². The van der Waals surface area contributed by atoms with Crippen molar-refractivity contribution in [3.8, 4) is 0 Å². The Bertz CT molecular complexity index is 1220. The van der Waals surface area contributed by atoms with Gasteiger partial charge < -0.3 is 20.4 Å². The van der Waals surface area contributed by atoms with Crippen LogP contribution in [-0.2, 0) is 28.0 Å². The van der Waals surface area contributed by atoms with Crippen molar-refractivity contribution in [1.29, 1.82) is 0 Å². The van der Waals surface area contributed by atoms with Gasteiger partial charge in [-0.1, -0.05) is 55.0 Å². The molecule has 33 heavy (non-hydrogen) atoms. The first-order valence-corrected chi connectivity index (χ1v) is 11.3. The van der Waals surface area contributed by atoms with Gasteiger partial charge in [0.15, 0.2) is 0 Å². The highest BCUT2D eigenvalue weighted by Crippen LogP contribution is 2.33. The molecule has 0 aliphatic heterocycles. The van der Waals surface area contributed by atoms with E-state index in [4.69, 9.17) is 10.5 Å². The average Bonchev–Trinajstić information content (AvgIpc) is 2.84. The lowest BCUT2D eigenvalue weighted by Crippen LogP contribution is -2.32. The zero-order valence-electron chi connectivity index (χ0n) is 18.8. The van der Waals surface area contributed by atoms with Crippen LogP contribution in [0.15, 0.2) is 59.4 Å². The van der Waals surface area contributed by atoms with Gasteiger partial charge in [-0.3, -0.25) is 14.4 Å². The minimum Gasteiger partial charge on any atom is -0.461 e. The smallest absolute Gasteiger partial charge is 0.306 e. The van der Waals surface area contributed by atoms with Gasteiger partial charge >= 0.3 is 5.97 Å². The topological polar surface area (TPSA) is 103 Å². The minimum atomic E-state index is -0.337. The number of hydrogen-bond acceptors (Lipinski definition) is 5. The molecule has 3 N–H and O–H groups in total. The fraction of sp³-hybridized carbons (Fsp3) is 0.346. The van der Waals surface area contributed by atoms with E-state index in [-0.39, 0.29) is 53.7 Å². The maximum Gasteiger partial charge on any atom is 0.306 e. The molecule has 2 unspecified atom stereocenters. The number of aromatic nitrogens is 1. The van der Waals surface area contributed by atoms with Crippen molar-refractivity contribution in [3.63, 3.8) is 0 Å². The molecule has 2 atom stereocenters. The van der Waals surface area contributed by atoms with Crippen molar-refractivity contribution in [2.45, 2.75) is 38.7 Å². The van der Waals surface area contributed by atoms with Crippen LogP contribution in [0.25, 0.3) is 10.9 Å². The number of para-hydroxylation sites is 1. The average molecular weight is 448 g/mol. The van der Waals surface area contributed by atoms with Crippen molar-refractivity contribution in [1.82, 2.24) is 4.57 Å². The van der Waals surface area contributed by atoms with Gasteiger partial charge in [-0.25, -0.2) is 0 Å². The van der Waals surface area contributed by atoms with Crippen LogP contribution in [0.2, 0.25) is 0 Å². The first-order valence-electron chi connectivity index (χ1n) is 11.3. The number of pyridine rings is 1. The number of anilines is 2. The molecular formula is C26H29N3O4. The van der Waals surface area contributed by atoms with E-state index in [1.807, 2.05) is 54.6 Å². The number of aryl methyl sites for hydroxylation is 1. The lowest BCUT2D eigenvalue weighted by molar-refractivity contribution is -0.146. The van der Waals surface area contributed by atoms with Crippen LogP contribution >= 0.6 is 0 Å². The predicted octanol–water partition coefficient (Wildman–Crippen LogP) is 4.00. The Hall–Kier alpha value is -3.61. The zero-order chi connectivity index (χ0) is 23.4. The van der Waals surface area contributed by atoms with Gasteiger partial charge in [-0.15, -0.1) is 0 Å². The molecule has 1 aliphatic carbocycles. The highest BCUT2D eigenvalue weighted by atomic mass is 16.5. The standard InChI is InChI=1S/C26H29N3O4/c1-29-21-13-6-5-12-20(21)23(27)24(26(29)32)28-25(31)19-11-7-10-18(14-19)15-22(30)33-16-17-8-3-2-4-9-17/h2-6,8-9,12-13,18-19H,7,10-11,14-16,27H2,1H3,(H,28,31). The maximum absolute atomic E-state index is 13.0. The quantitative estimate of drug-likeness (QED) is 0.556. The summed E-state index contributed by atoms with van der Waals surface area (Å²) in [6, 6.07) is 16.9. The summed E-state index contributed by atoms with van der Waals surface area (Å²) in [5.41, 5.74) is 7.97. The Kier molecular flexibility index (Phi) is 6.77. The Balaban J connectivity index is 1.39. The molecular weight excluding hydrogens is 418 g/mol. The van der Waals surface area contributed by atoms with Gasteiger partial charge in [0.25, 0.3) is 5.56 Å². The fourth-order valence-electron chi connectivity index (χ4n) is 4.61. The number of fused-ring (bicyclic) bond motifs is 1. The fourth-order valence-corrected chi connectivity index (χ4v) is 4.61. The summed E-state index contributed by atoms with van der Waals surface area (Å²) in [5.74, 6) is -0.676. The highest BCUT2D eigenvalue weighted by Gasteiger charge is 2.30. The maximum atomic E-state index is 13.0. The second-order valence-electron chi connectivity index (χ2n) is 8.74. The highest BCUT2D eigenvalue weighted by molar-refractivity contribution is 6.02. The minimum absolute atomic E-state index is 0.0783. The third-order valence-corrected chi connectivity index (χ3v) is 6.44. The molecule has 3 aromatic rings. The number of hydrogen-bond donors (Lipinski definition) is 2. The second-order valence-corrected chi connectivity index (χ2v) is 8.74. The number of benzene rings is 2. The molecule has 1 fully saturated rings. The van der Waals surface area contributed by atoms with Crippen LogP contribution in [-0.4, -0.2) is 16.4 Å². The lowest BCUT2D eigenvalue weighted by Gasteiger charge is -2.28. The molecule has 1 heterocycles. The Morgan fingerprint density at radius 1 is 1.09 bits per heavy atom. The van der Waals surface area contributed by atoms with Crippen molar-refractivity contribution in [2.75, 3.05) is 11.1 Å². The van der Waals surface area contributed by atoms with Crippen molar-refractivity contribution < 1.29 is 14.3 Å². The molecule has 0 radical (unpaired) electrons. The molecule has 172 valence electrons. The van der Waals surface area contributed by atoms with E-state index in [0.717, 1.165) is 30.2 Å². The summed E-state index contributed by atoms with van der Waals surface area (Å²) in [5, 5.41) is 3.51. The van der Waals surface area contributed by atoms with Gasteiger partial charge in [-0.2, -0.15) is 0 Å². The molecule has 7 nitrogen and oxygen atoms in total. The summed E-state index contributed by atoms with van der Waals surface area (Å²) in [6.07, 6.45) is 3.32. The van der Waals surface area contributed by atoms with Gasteiger partial charge in [0.05, 0.1) is 11.2 Å². The largest absolute Gasteiger partial charge is 0.461 e. The second kappa shape index (κ2) is 9.90. The number of rotatable bonds is 6. The van der Waals surface area contributed by atoms with Crippen molar-refractivity contribution >= 4 is 34.2 Å². The lowest BCUT2D eigenvalue weighted by atomic mass is 9.79. The molecule has 2 aromatic carbocycles. The SMILES string of the molecule is Cn1c(=O)c(NC(=O)C2CCCC(CC(=O)OCc3ccccc3)C2)c(N)c2ccccc21. The van der Waals surface area contributed by atoms with Gasteiger partial charge in [0, 0.05) is 24.8 Å². The van der Waals surface area contributed by atoms with E-state index in [0.29, 0.717) is 11.9 Å². The van der Waals surface area contributed by atoms with E-state index in [2.05, 4.69) is 5.32 Å². The summed E-state index contributed by atoms with van der Waals surface area (Å²) in [4.78, 5) is 38.2.